The number of ketones is 1. The molecule has 1 N–H and O–H groups in total. The highest BCUT2D eigenvalue weighted by Crippen LogP contribution is 2.33. The maximum atomic E-state index is 13.8. The van der Waals surface area contributed by atoms with E-state index in [1.165, 1.54) is 5.69 Å². The number of nitrogens with zero attached hydrogens (tertiary/aromatic N) is 3. The van der Waals surface area contributed by atoms with Gasteiger partial charge in [-0.15, -0.1) is 0 Å². The fourth-order valence-corrected chi connectivity index (χ4v) is 7.44. The van der Waals surface area contributed by atoms with E-state index < -0.39 is 20.9 Å². The third kappa shape index (κ3) is 14.8. The number of rotatable bonds is 18. The van der Waals surface area contributed by atoms with Crippen LogP contribution < -0.4 is 9.64 Å². The standard InChI is InChI=1S/C42H53N3O4S.CH4O3S/c1-5-7-22-48-23-24-49-39-15-12-34(13-16-39)35-14-19-41-37(26-35)27-36(9-8-21-44(41)29-32(3)4)42(46)25-33-10-17-40(18-11-33)50(47)30-38-28-43-31-45(38)20-6-2;1-5(2,3)4/h10-19,26-28,31-32H,5-9,20-25,29-30H2,1-4H3;1H3,(H,2,3,4). The summed E-state index contributed by atoms with van der Waals surface area (Å²) in [4.78, 5) is 21.3. The minimum atomic E-state index is -3.67. The van der Waals surface area contributed by atoms with Gasteiger partial charge in [-0.05, 0) is 102 Å². The Balaban J connectivity index is 0.00000126. The van der Waals surface area contributed by atoms with Crippen LogP contribution in [0.25, 0.3) is 17.2 Å². The quantitative estimate of drug-likeness (QED) is 0.0781. The van der Waals surface area contributed by atoms with Crippen LogP contribution in [-0.2, 0) is 49.2 Å². The van der Waals surface area contributed by atoms with E-state index in [4.69, 9.17) is 14.0 Å². The topological polar surface area (TPSA) is 128 Å². The number of aromatic nitrogens is 2. The van der Waals surface area contributed by atoms with E-state index in [0.717, 1.165) is 103 Å². The first-order valence-electron chi connectivity index (χ1n) is 19.2. The van der Waals surface area contributed by atoms with Gasteiger partial charge in [-0.2, -0.15) is 8.42 Å². The molecule has 0 saturated heterocycles. The van der Waals surface area contributed by atoms with Crippen LogP contribution >= 0.6 is 0 Å². The van der Waals surface area contributed by atoms with Crippen LogP contribution in [0.2, 0.25) is 0 Å². The van der Waals surface area contributed by atoms with Crippen molar-refractivity contribution in [3.8, 4) is 16.9 Å². The van der Waals surface area contributed by atoms with Crippen LogP contribution in [0.5, 0.6) is 5.75 Å². The number of ether oxygens (including phenoxy) is 2. The average molecular weight is 792 g/mol. The number of anilines is 1. The minimum Gasteiger partial charge on any atom is -0.491 e. The molecule has 0 spiro atoms. The van der Waals surface area contributed by atoms with Gasteiger partial charge in [-0.25, -0.2) is 4.98 Å². The molecule has 0 radical (unpaired) electrons. The minimum absolute atomic E-state index is 0.135. The van der Waals surface area contributed by atoms with E-state index in [1.807, 2.05) is 36.4 Å². The van der Waals surface area contributed by atoms with E-state index in [1.54, 1.807) is 12.5 Å². The third-order valence-corrected chi connectivity index (χ3v) is 10.3. The van der Waals surface area contributed by atoms with Crippen LogP contribution in [0.3, 0.4) is 0 Å². The molecular weight excluding hydrogens is 735 g/mol. The van der Waals surface area contributed by atoms with E-state index in [-0.39, 0.29) is 5.78 Å². The maximum absolute atomic E-state index is 13.8. The maximum Gasteiger partial charge on any atom is 0.261 e. The Labute approximate surface area is 330 Å². The van der Waals surface area contributed by atoms with Crippen LogP contribution in [0.4, 0.5) is 5.69 Å². The molecule has 4 aromatic rings. The molecule has 0 amide bonds. The van der Waals surface area contributed by atoms with Gasteiger partial charge in [0.2, 0.25) is 0 Å². The van der Waals surface area contributed by atoms with Crippen molar-refractivity contribution >= 4 is 38.5 Å². The van der Waals surface area contributed by atoms with Crippen molar-refractivity contribution in [2.24, 2.45) is 5.92 Å². The first kappa shape index (κ1) is 43.6. The van der Waals surface area contributed by atoms with Gasteiger partial charge < -0.3 is 18.9 Å². The molecule has 12 heteroatoms. The van der Waals surface area contributed by atoms with Gasteiger partial charge in [0.25, 0.3) is 10.1 Å². The predicted molar refractivity (Wildman–Crippen MR) is 223 cm³/mol. The Morgan fingerprint density at radius 1 is 0.964 bits per heavy atom. The smallest absolute Gasteiger partial charge is 0.261 e. The number of carbonyl (C=O) groups is 1. The number of imidazole rings is 1. The SMILES string of the molecule is CCCCOCCOc1ccc(-c2ccc3c(c2)C=C(C(=O)Cc2ccc(S(=O)Cc4cncn4CCC)cc2)CCCN3CC(C)C)cc1.CS(=O)(=O)O. The second-order valence-corrected chi connectivity index (χ2v) is 17.2. The normalized spacial score (nSPS) is 13.6. The first-order chi connectivity index (χ1) is 26.3. The van der Waals surface area contributed by atoms with Crippen molar-refractivity contribution in [1.82, 2.24) is 9.55 Å². The average Bonchev–Trinajstić information content (AvgIpc) is 3.57. The molecule has 1 aromatic heterocycles. The van der Waals surface area contributed by atoms with E-state index in [9.17, 15) is 17.4 Å². The lowest BCUT2D eigenvalue weighted by molar-refractivity contribution is -0.115. The molecule has 1 aliphatic heterocycles. The van der Waals surface area contributed by atoms with Gasteiger partial charge in [-0.3, -0.25) is 13.6 Å². The molecule has 0 fully saturated rings. The van der Waals surface area contributed by atoms with Crippen molar-refractivity contribution in [1.29, 1.82) is 0 Å². The number of fused-ring (bicyclic) bond motifs is 1. The largest absolute Gasteiger partial charge is 0.491 e. The zero-order valence-electron chi connectivity index (χ0n) is 32.9. The molecule has 55 heavy (non-hydrogen) atoms. The van der Waals surface area contributed by atoms with E-state index >= 15 is 0 Å². The second-order valence-electron chi connectivity index (χ2n) is 14.3. The van der Waals surface area contributed by atoms with E-state index in [2.05, 4.69) is 78.6 Å². The van der Waals surface area contributed by atoms with Gasteiger partial charge in [0.1, 0.15) is 12.4 Å². The first-order valence-corrected chi connectivity index (χ1v) is 22.3. The van der Waals surface area contributed by atoms with Gasteiger partial charge in [0.15, 0.2) is 5.78 Å². The lowest BCUT2D eigenvalue weighted by atomic mass is 9.93. The number of aryl methyl sites for hydroxylation is 1. The monoisotopic (exact) mass is 791 g/mol. The van der Waals surface area contributed by atoms with Gasteiger partial charge in [0.05, 0.1) is 41.4 Å². The Morgan fingerprint density at radius 2 is 1.67 bits per heavy atom. The summed E-state index contributed by atoms with van der Waals surface area (Å²) in [5.41, 5.74) is 7.21. The lowest BCUT2D eigenvalue weighted by Gasteiger charge is -2.30. The fourth-order valence-electron chi connectivity index (χ4n) is 6.33. The molecule has 0 bridgehead atoms. The van der Waals surface area contributed by atoms with Crippen molar-refractivity contribution in [3.63, 3.8) is 0 Å². The third-order valence-electron chi connectivity index (χ3n) is 8.94. The van der Waals surface area contributed by atoms with Gasteiger partial charge in [-0.1, -0.05) is 64.4 Å². The highest BCUT2D eigenvalue weighted by Gasteiger charge is 2.20. The van der Waals surface area contributed by atoms with Crippen LogP contribution in [0.15, 0.2) is 89.7 Å². The summed E-state index contributed by atoms with van der Waals surface area (Å²) in [6, 6.07) is 22.5. The molecule has 1 atom stereocenters. The molecule has 0 aliphatic carbocycles. The molecule has 0 saturated carbocycles. The Kier molecular flexibility index (Phi) is 17.3. The zero-order valence-corrected chi connectivity index (χ0v) is 34.5. The Morgan fingerprint density at radius 3 is 2.35 bits per heavy atom. The van der Waals surface area contributed by atoms with Crippen molar-refractivity contribution in [2.45, 2.75) is 83.4 Å². The van der Waals surface area contributed by atoms with Crippen LogP contribution in [0.1, 0.15) is 76.6 Å². The number of allylic oxidation sites excluding steroid dienone is 1. The molecule has 3 aromatic carbocycles. The Bertz CT molecular complexity index is 1960. The number of hydrogen-bond acceptors (Lipinski definition) is 8. The number of carbonyl (C=O) groups excluding carboxylic acids is 1. The summed E-state index contributed by atoms with van der Waals surface area (Å²) in [5, 5.41) is 0. The summed E-state index contributed by atoms with van der Waals surface area (Å²) in [5.74, 6) is 1.91. The Hall–Kier alpha value is -4.10. The van der Waals surface area contributed by atoms with Crippen LogP contribution in [-0.4, -0.2) is 71.7 Å². The highest BCUT2D eigenvalue weighted by atomic mass is 32.2. The summed E-state index contributed by atoms with van der Waals surface area (Å²) in [6.07, 6.45) is 11.6. The summed E-state index contributed by atoms with van der Waals surface area (Å²) in [6.45, 7) is 13.4. The molecule has 1 aliphatic rings. The van der Waals surface area contributed by atoms with Gasteiger partial charge >= 0.3 is 0 Å². The summed E-state index contributed by atoms with van der Waals surface area (Å²) in [7, 11) is -4.85. The molecular formula is C43H57N3O7S2. The molecule has 5 rings (SSSR count). The molecule has 10 nitrogen and oxygen atoms in total. The second kappa shape index (κ2) is 21.8. The zero-order chi connectivity index (χ0) is 39.8. The van der Waals surface area contributed by atoms with Crippen LogP contribution in [0, 0.1) is 5.92 Å². The number of Topliss-reactive ketones (excluding diaryl/α,β-unsaturated/α-hetero) is 1. The van der Waals surface area contributed by atoms with Crippen molar-refractivity contribution in [2.75, 3.05) is 44.1 Å². The number of benzene rings is 3. The highest BCUT2D eigenvalue weighted by molar-refractivity contribution is 7.85. The van der Waals surface area contributed by atoms with E-state index in [0.29, 0.717) is 37.6 Å². The number of hydrogen-bond donors (Lipinski definition) is 1. The van der Waals surface area contributed by atoms with Gasteiger partial charge in [0, 0.05) is 49.4 Å². The summed E-state index contributed by atoms with van der Waals surface area (Å²) < 4.78 is 52.6. The number of unbranched alkanes of at least 4 members (excludes halogenated alkanes) is 1. The molecule has 1 unspecified atom stereocenters. The molecule has 298 valence electrons. The summed E-state index contributed by atoms with van der Waals surface area (Å²) >= 11 is 0. The van der Waals surface area contributed by atoms with Crippen molar-refractivity contribution in [3.05, 3.63) is 102 Å². The molecule has 2 heterocycles. The van der Waals surface area contributed by atoms with Crippen molar-refractivity contribution < 1.29 is 31.4 Å². The lowest BCUT2D eigenvalue weighted by Crippen LogP contribution is -2.30. The predicted octanol–water partition coefficient (Wildman–Crippen LogP) is 8.42. The fraction of sp³-hybridized carbons (Fsp3) is 0.442.